The Morgan fingerprint density at radius 1 is 1.14 bits per heavy atom. The van der Waals surface area contributed by atoms with Crippen molar-refractivity contribution in [1.82, 2.24) is 5.32 Å². The highest BCUT2D eigenvalue weighted by atomic mass is 16.5. The Morgan fingerprint density at radius 2 is 1.67 bits per heavy atom. The lowest BCUT2D eigenvalue weighted by molar-refractivity contribution is -0.141. The Balaban J connectivity index is 3.01. The molecule has 7 heteroatoms. The number of carboxylic acids is 1. The summed E-state index contributed by atoms with van der Waals surface area (Å²) in [5, 5.41) is 11.2. The van der Waals surface area contributed by atoms with Crippen LogP contribution in [0.2, 0.25) is 0 Å². The van der Waals surface area contributed by atoms with Gasteiger partial charge < -0.3 is 24.6 Å². The number of hydrogen-bond donors (Lipinski definition) is 2. The molecule has 0 aliphatic carbocycles. The zero-order valence-electron chi connectivity index (χ0n) is 12.4. The van der Waals surface area contributed by atoms with Gasteiger partial charge in [0.15, 0.2) is 0 Å². The number of carbonyl (C=O) groups excluding carboxylic acids is 1. The fourth-order valence-electron chi connectivity index (χ4n) is 1.77. The average Bonchev–Trinajstić information content (AvgIpc) is 2.46. The molecular formula is C14H19NO6. The van der Waals surface area contributed by atoms with Crippen molar-refractivity contribution < 1.29 is 28.9 Å². The van der Waals surface area contributed by atoms with Crippen molar-refractivity contribution >= 4 is 11.9 Å². The molecule has 0 aliphatic rings. The molecule has 1 atom stereocenters. The molecule has 2 N–H and O–H groups in total. The molecule has 116 valence electrons. The summed E-state index contributed by atoms with van der Waals surface area (Å²) in [5.74, 6) is -0.135. The van der Waals surface area contributed by atoms with E-state index in [1.807, 2.05) is 0 Å². The second kappa shape index (κ2) is 7.37. The Labute approximate surface area is 122 Å². The van der Waals surface area contributed by atoms with E-state index < -0.39 is 17.9 Å². The summed E-state index contributed by atoms with van der Waals surface area (Å²) in [6, 6.07) is 2.30. The first-order chi connectivity index (χ1) is 9.92. The number of rotatable bonds is 7. The topological polar surface area (TPSA) is 94.1 Å². The predicted molar refractivity (Wildman–Crippen MR) is 75.0 cm³/mol. The van der Waals surface area contributed by atoms with Crippen LogP contribution in [0.5, 0.6) is 17.2 Å². The lowest BCUT2D eigenvalue weighted by Crippen LogP contribution is -2.39. The quantitative estimate of drug-likeness (QED) is 0.774. The van der Waals surface area contributed by atoms with Gasteiger partial charge in [-0.2, -0.15) is 0 Å². The molecule has 0 unspecified atom stereocenters. The first-order valence-electron chi connectivity index (χ1n) is 6.24. The molecule has 0 radical (unpaired) electrons. The summed E-state index contributed by atoms with van der Waals surface area (Å²) < 4.78 is 15.6. The molecule has 0 aliphatic heterocycles. The second-order valence-electron chi connectivity index (χ2n) is 4.31. The lowest BCUT2D eigenvalue weighted by atomic mass is 10.1. The molecule has 7 nitrogen and oxygen atoms in total. The van der Waals surface area contributed by atoms with E-state index in [0.717, 1.165) is 0 Å². The van der Waals surface area contributed by atoms with Gasteiger partial charge in [-0.1, -0.05) is 0 Å². The molecule has 0 bridgehead atoms. The molecule has 1 aromatic rings. The summed E-state index contributed by atoms with van der Waals surface area (Å²) in [7, 11) is 4.44. The van der Waals surface area contributed by atoms with E-state index >= 15 is 0 Å². The van der Waals surface area contributed by atoms with Gasteiger partial charge in [-0.3, -0.25) is 9.59 Å². The van der Waals surface area contributed by atoms with E-state index in [1.54, 1.807) is 12.1 Å². The van der Waals surface area contributed by atoms with Crippen LogP contribution in [0.15, 0.2) is 12.1 Å². The summed E-state index contributed by atoms with van der Waals surface area (Å²) in [6.07, 6.45) is -0.0615. The third-order valence-corrected chi connectivity index (χ3v) is 2.90. The van der Waals surface area contributed by atoms with Crippen LogP contribution in [0.3, 0.4) is 0 Å². The number of benzene rings is 1. The molecule has 0 saturated carbocycles. The van der Waals surface area contributed by atoms with Crippen LogP contribution in [0.25, 0.3) is 0 Å². The number of carboxylic acid groups (broad SMARTS) is 1. The van der Waals surface area contributed by atoms with Gasteiger partial charge in [0, 0.05) is 17.7 Å². The molecular weight excluding hydrogens is 278 g/mol. The maximum absolute atomic E-state index is 11.9. The maximum atomic E-state index is 11.9. The molecule has 0 saturated heterocycles. The van der Waals surface area contributed by atoms with Crippen molar-refractivity contribution in [3.63, 3.8) is 0 Å². The minimum atomic E-state index is -1.10. The van der Waals surface area contributed by atoms with Gasteiger partial charge in [-0.15, -0.1) is 0 Å². The minimum absolute atomic E-state index is 0.0615. The van der Waals surface area contributed by atoms with Crippen molar-refractivity contribution in [3.05, 3.63) is 17.7 Å². The van der Waals surface area contributed by atoms with Crippen LogP contribution in [0.1, 0.15) is 12.5 Å². The molecule has 0 aromatic heterocycles. The highest BCUT2D eigenvalue weighted by molar-refractivity contribution is 5.85. The van der Waals surface area contributed by atoms with E-state index in [4.69, 9.17) is 19.3 Å². The summed E-state index contributed by atoms with van der Waals surface area (Å²) in [4.78, 5) is 22.6. The highest BCUT2D eigenvalue weighted by Crippen LogP contribution is 2.34. The van der Waals surface area contributed by atoms with Crippen LogP contribution in [0.4, 0.5) is 0 Å². The number of hydrogen-bond acceptors (Lipinski definition) is 5. The molecule has 0 fully saturated rings. The van der Waals surface area contributed by atoms with Crippen LogP contribution < -0.4 is 19.5 Å². The average molecular weight is 297 g/mol. The number of nitrogens with one attached hydrogen (secondary N) is 1. The van der Waals surface area contributed by atoms with Crippen LogP contribution in [-0.2, 0) is 16.0 Å². The molecule has 0 heterocycles. The minimum Gasteiger partial charge on any atom is -0.496 e. The summed E-state index contributed by atoms with van der Waals surface area (Å²) in [5.41, 5.74) is 0.524. The van der Waals surface area contributed by atoms with Gasteiger partial charge in [0.1, 0.15) is 23.3 Å². The Morgan fingerprint density at radius 3 is 2.05 bits per heavy atom. The fourth-order valence-corrected chi connectivity index (χ4v) is 1.77. The number of aliphatic carboxylic acids is 1. The number of ether oxygens (including phenoxy) is 3. The number of amides is 1. The third-order valence-electron chi connectivity index (χ3n) is 2.90. The first-order valence-corrected chi connectivity index (χ1v) is 6.24. The van der Waals surface area contributed by atoms with Crippen molar-refractivity contribution in [1.29, 1.82) is 0 Å². The Kier molecular flexibility index (Phi) is 5.83. The van der Waals surface area contributed by atoms with Gasteiger partial charge in [-0.25, -0.2) is 0 Å². The summed E-state index contributed by atoms with van der Waals surface area (Å²) >= 11 is 0. The highest BCUT2D eigenvalue weighted by Gasteiger charge is 2.19. The smallest absolute Gasteiger partial charge is 0.325 e. The van der Waals surface area contributed by atoms with Crippen molar-refractivity contribution in [2.24, 2.45) is 0 Å². The second-order valence-corrected chi connectivity index (χ2v) is 4.31. The van der Waals surface area contributed by atoms with Crippen LogP contribution in [-0.4, -0.2) is 44.4 Å². The van der Waals surface area contributed by atoms with Crippen LogP contribution >= 0.6 is 0 Å². The first kappa shape index (κ1) is 16.6. The predicted octanol–water partition coefficient (Wildman–Crippen LogP) is 0.844. The molecule has 1 aromatic carbocycles. The number of methoxy groups -OCH3 is 3. The van der Waals surface area contributed by atoms with Gasteiger partial charge >= 0.3 is 5.97 Å². The lowest BCUT2D eigenvalue weighted by Gasteiger charge is -2.15. The zero-order valence-corrected chi connectivity index (χ0v) is 12.4. The molecule has 21 heavy (non-hydrogen) atoms. The molecule has 0 spiro atoms. The van der Waals surface area contributed by atoms with E-state index in [2.05, 4.69) is 5.32 Å². The van der Waals surface area contributed by atoms with E-state index in [0.29, 0.717) is 22.8 Å². The maximum Gasteiger partial charge on any atom is 0.325 e. The van der Waals surface area contributed by atoms with Gasteiger partial charge in [0.25, 0.3) is 0 Å². The standard InChI is InChI=1S/C14H19NO6/c1-8(14(17)18)15-13(16)7-10-11(20-3)5-9(19-2)6-12(10)21-4/h5-6,8H,7H2,1-4H3,(H,15,16)(H,17,18)/t8-/m0/s1. The number of carbonyl (C=O) groups is 2. The van der Waals surface area contributed by atoms with Crippen LogP contribution in [0, 0.1) is 0 Å². The van der Waals surface area contributed by atoms with Crippen molar-refractivity contribution in [3.8, 4) is 17.2 Å². The fraction of sp³-hybridized carbons (Fsp3) is 0.429. The van der Waals surface area contributed by atoms with Crippen molar-refractivity contribution in [2.45, 2.75) is 19.4 Å². The molecule has 1 rings (SSSR count). The Bertz CT molecular complexity index is 503. The van der Waals surface area contributed by atoms with Gasteiger partial charge in [0.05, 0.1) is 27.8 Å². The van der Waals surface area contributed by atoms with Crippen molar-refractivity contribution in [2.75, 3.05) is 21.3 Å². The monoisotopic (exact) mass is 297 g/mol. The van der Waals surface area contributed by atoms with E-state index in [1.165, 1.54) is 28.3 Å². The van der Waals surface area contributed by atoms with E-state index in [9.17, 15) is 9.59 Å². The Hall–Kier alpha value is -2.44. The third kappa shape index (κ3) is 4.27. The zero-order chi connectivity index (χ0) is 16.0. The van der Waals surface area contributed by atoms with Gasteiger partial charge in [-0.05, 0) is 6.92 Å². The normalized spacial score (nSPS) is 11.4. The molecule has 1 amide bonds. The largest absolute Gasteiger partial charge is 0.496 e. The van der Waals surface area contributed by atoms with E-state index in [-0.39, 0.29) is 6.42 Å². The van der Waals surface area contributed by atoms with Gasteiger partial charge in [0.2, 0.25) is 5.91 Å². The summed E-state index contributed by atoms with van der Waals surface area (Å²) in [6.45, 7) is 1.39. The SMILES string of the molecule is COc1cc(OC)c(CC(=O)N[C@@H](C)C(=O)O)c(OC)c1.